The predicted molar refractivity (Wildman–Crippen MR) is 436 cm³/mol. The number of allylic oxidation sites excluding steroid dienone is 1. The summed E-state index contributed by atoms with van der Waals surface area (Å²) in [6.07, 6.45) is 34.0. The average Bonchev–Trinajstić information content (AvgIpc) is 1.67. The fourth-order valence-electron chi connectivity index (χ4n) is 12.8. The van der Waals surface area contributed by atoms with Crippen LogP contribution < -0.4 is 16.2 Å². The lowest BCUT2D eigenvalue weighted by molar-refractivity contribution is 0.328. The Bertz CT molecular complexity index is 4760. The molecule has 0 spiro atoms. The van der Waals surface area contributed by atoms with Crippen molar-refractivity contribution in [3.8, 4) is 73.6 Å². The fourth-order valence-corrected chi connectivity index (χ4v) is 13.5. The van der Waals surface area contributed by atoms with Gasteiger partial charge in [0.25, 0.3) is 0 Å². The predicted octanol–water partition coefficient (Wildman–Crippen LogP) is 11.0. The van der Waals surface area contributed by atoms with E-state index in [1.807, 2.05) is 88.4 Å². The number of hydrogen-bond donors (Lipinski definition) is 9. The summed E-state index contributed by atoms with van der Waals surface area (Å²) in [6, 6.07) is 8.86. The molecule has 0 bridgehead atoms. The maximum atomic E-state index is 5.59. The van der Waals surface area contributed by atoms with Crippen LogP contribution in [0, 0.1) is 13.8 Å². The summed E-state index contributed by atoms with van der Waals surface area (Å²) in [7, 11) is 16.1. The second-order valence-corrected chi connectivity index (χ2v) is 28.5. The lowest BCUT2D eigenvalue weighted by atomic mass is 10.1. The van der Waals surface area contributed by atoms with Crippen LogP contribution in [0.4, 0.5) is 0 Å². The molecule has 32 heteroatoms. The van der Waals surface area contributed by atoms with Gasteiger partial charge < -0.3 is 50.1 Å². The molecule has 0 saturated heterocycles. The highest BCUT2D eigenvalue weighted by Crippen LogP contribution is 2.32. The minimum absolute atomic E-state index is 0.368. The van der Waals surface area contributed by atoms with Gasteiger partial charge in [-0.15, -0.1) is 11.3 Å². The molecule has 14 rings (SSSR count). The first-order chi connectivity index (χ1) is 53.4. The summed E-state index contributed by atoms with van der Waals surface area (Å²) >= 11 is 1.66. The average molecular weight is 1520 g/mol. The highest BCUT2D eigenvalue weighted by molar-refractivity contribution is 7.16. The summed E-state index contributed by atoms with van der Waals surface area (Å²) in [5.74, 6) is 0.830. The fraction of sp³-hybridized carbons (Fsp3) is 0.423. The second-order valence-electron chi connectivity index (χ2n) is 27.6. The molecule has 1 aliphatic carbocycles. The van der Waals surface area contributed by atoms with Gasteiger partial charge >= 0.3 is 6.01 Å². The number of aromatic amines is 7. The smallest absolute Gasteiger partial charge is 0.316 e. The lowest BCUT2D eigenvalue weighted by Gasteiger charge is -2.15. The van der Waals surface area contributed by atoms with Gasteiger partial charge in [-0.2, -0.15) is 40.8 Å². The number of pyridine rings is 1. The molecule has 12 aromatic heterocycles. The van der Waals surface area contributed by atoms with E-state index in [1.165, 1.54) is 38.1 Å². The van der Waals surface area contributed by atoms with Crippen molar-refractivity contribution in [1.29, 1.82) is 0 Å². The van der Waals surface area contributed by atoms with E-state index in [9.17, 15) is 0 Å². The van der Waals surface area contributed by atoms with Gasteiger partial charge in [0.2, 0.25) is 0 Å². The van der Waals surface area contributed by atoms with Gasteiger partial charge in [-0.1, -0.05) is 51.1 Å². The van der Waals surface area contributed by atoms with Crippen LogP contribution in [0.5, 0.6) is 6.01 Å². The van der Waals surface area contributed by atoms with Crippen LogP contribution in [0.2, 0.25) is 0 Å². The molecule has 12 heterocycles. The number of aryl methyl sites for hydroxylation is 3. The molecule has 0 fully saturated rings. The van der Waals surface area contributed by atoms with Gasteiger partial charge in [0.05, 0.1) is 124 Å². The van der Waals surface area contributed by atoms with Crippen molar-refractivity contribution in [2.45, 2.75) is 113 Å². The van der Waals surface area contributed by atoms with Crippen LogP contribution in [-0.2, 0) is 52.7 Å². The van der Waals surface area contributed by atoms with Crippen molar-refractivity contribution in [2.24, 2.45) is 18.5 Å². The molecule has 11 N–H and O–H groups in total. The van der Waals surface area contributed by atoms with Crippen LogP contribution in [-0.4, -0.2) is 237 Å². The molecule has 1 aliphatic rings. The van der Waals surface area contributed by atoms with Gasteiger partial charge in [-0.05, 0) is 132 Å². The van der Waals surface area contributed by atoms with Crippen molar-refractivity contribution in [1.82, 2.24) is 136 Å². The van der Waals surface area contributed by atoms with E-state index in [0.717, 1.165) is 206 Å². The second kappa shape index (κ2) is 43.0. The van der Waals surface area contributed by atoms with Crippen molar-refractivity contribution in [2.75, 3.05) is 102 Å². The van der Waals surface area contributed by atoms with E-state index in [2.05, 4.69) is 237 Å². The Morgan fingerprint density at radius 2 is 0.936 bits per heavy atom. The molecule has 13 aromatic rings. The van der Waals surface area contributed by atoms with Crippen LogP contribution in [0.3, 0.4) is 0 Å². The SMILES string of the molecule is CCCN(C)Cc1cn[nH]c1-c1c(C)noc1C.CCCN(C)Cc1cn[nH]c1-c1cn[nH]c1.CCCN(C)Cc1cn[nH]c1-c1cnc(OC)nc1.CCCN(C)Cc1cn[nH]c1-c1cnn(C)c1.CN(CCN)Cc1cn[nH]c1-c1ccc2scnc2c1.CN(CCN)Cc1cn[nH]c1-c1cnc2c(c1)C=CC2. The Labute approximate surface area is 648 Å². The first-order valence-electron chi connectivity index (χ1n) is 37.4. The Kier molecular flexibility index (Phi) is 32.6. The van der Waals surface area contributed by atoms with E-state index < -0.39 is 0 Å². The molecule has 110 heavy (non-hydrogen) atoms. The van der Waals surface area contributed by atoms with Gasteiger partial charge in [0.15, 0.2) is 0 Å². The largest absolute Gasteiger partial charge is 0.467 e. The van der Waals surface area contributed by atoms with Crippen LogP contribution in [0.15, 0.2) is 121 Å². The lowest BCUT2D eigenvalue weighted by Crippen LogP contribution is -2.25. The minimum Gasteiger partial charge on any atom is -0.467 e. The quantitative estimate of drug-likeness (QED) is 0.0195. The first kappa shape index (κ1) is 83.5. The van der Waals surface area contributed by atoms with Gasteiger partial charge in [0.1, 0.15) is 5.76 Å². The number of aromatic nitrogens is 21. The molecule has 0 saturated carbocycles. The zero-order valence-corrected chi connectivity index (χ0v) is 67.1. The molecular formula is C78H111N29O2S. The topological polar surface area (TPSA) is 377 Å². The Balaban J connectivity index is 0.000000152. The number of fused-ring (bicyclic) bond motifs is 2. The molecule has 0 radical (unpaired) electrons. The summed E-state index contributed by atoms with van der Waals surface area (Å²) < 4.78 is 13.2. The van der Waals surface area contributed by atoms with Crippen molar-refractivity contribution in [3.05, 3.63) is 173 Å². The highest BCUT2D eigenvalue weighted by atomic mass is 32.1. The molecule has 586 valence electrons. The number of nitrogens with one attached hydrogen (secondary N) is 7. The number of rotatable bonds is 31. The molecule has 0 unspecified atom stereocenters. The molecule has 0 aliphatic heterocycles. The zero-order valence-electron chi connectivity index (χ0n) is 66.3. The molecule has 31 nitrogen and oxygen atoms in total. The monoisotopic (exact) mass is 1520 g/mol. The van der Waals surface area contributed by atoms with Crippen LogP contribution in [0.25, 0.3) is 83.8 Å². The maximum Gasteiger partial charge on any atom is 0.316 e. The summed E-state index contributed by atoms with van der Waals surface area (Å²) in [5.41, 5.74) is 36.9. The normalized spacial score (nSPS) is 11.6. The summed E-state index contributed by atoms with van der Waals surface area (Å²) in [5, 5.41) is 58.1. The zero-order chi connectivity index (χ0) is 78.3. The summed E-state index contributed by atoms with van der Waals surface area (Å²) in [6.45, 7) is 25.2. The third-order valence-corrected chi connectivity index (χ3v) is 18.9. The number of H-pyrrole nitrogens is 7. The van der Waals surface area contributed by atoms with E-state index in [0.29, 0.717) is 19.1 Å². The molecule has 1 aromatic carbocycles. The molecular weight excluding hydrogens is 1410 g/mol. The Hall–Kier alpha value is -10.6. The molecule has 0 amide bonds. The number of methoxy groups -OCH3 is 1. The molecule has 0 atom stereocenters. The van der Waals surface area contributed by atoms with Crippen molar-refractivity contribution >= 4 is 27.6 Å². The van der Waals surface area contributed by atoms with Crippen molar-refractivity contribution < 1.29 is 9.26 Å². The van der Waals surface area contributed by atoms with Crippen molar-refractivity contribution in [3.63, 3.8) is 0 Å². The number of nitrogens with two attached hydrogens (primary N) is 2. The number of ether oxygens (including phenoxy) is 1. The highest BCUT2D eigenvalue weighted by Gasteiger charge is 2.20. The van der Waals surface area contributed by atoms with Gasteiger partial charge in [-0.25, -0.2) is 15.0 Å². The number of hydrogen-bond acceptors (Lipinski definition) is 24. The standard InChI is InChI=1S/C15H19N5.C14H17N5S.C13H19N5O.C13H20N4O.C12H19N5.C11H17N5/c1-20(6-5-16)10-13-9-18-19-15(13)12-7-11-3-2-4-14(11)17-8-12;1-19(5-4-15)8-11-7-17-18-14(11)10-2-3-13-12(6-10)16-9-20-13;1-4-5-18(2)9-11-8-16-17-12(11)10-6-14-13(19-3)15-7-10;1-5-6-17(4)8-11-7-14-15-13(11)12-9(2)16-18-10(12)3;1-4-5-16(2)8-10-6-13-15-12(10)11-7-14-17(3)9-11;1-3-4-16(2)8-10-7-14-15-11(10)9-5-12-13-6-9/h2-3,7-9H,4-6,10,16H2,1H3,(H,18,19);2-3,6-7,9H,4-5,8,15H2,1H3,(H,17,18);6-8H,4-5,9H2,1-3H3,(H,16,17);7H,5-6,8H2,1-4H3,(H,14,15);6-7,9H,4-5,8H2,1-3H3,(H,13,15);5-7H,3-4,8H2,1-2H3,(H,12,13)(H,14,15). The van der Waals surface area contributed by atoms with Gasteiger partial charge in [0, 0.05) is 171 Å². The number of thiazole rings is 1. The maximum absolute atomic E-state index is 5.59. The van der Waals surface area contributed by atoms with E-state index in [1.54, 1.807) is 41.7 Å². The van der Waals surface area contributed by atoms with E-state index >= 15 is 0 Å². The third-order valence-electron chi connectivity index (χ3n) is 18.1. The van der Waals surface area contributed by atoms with Crippen LogP contribution in [0.1, 0.15) is 109 Å². The van der Waals surface area contributed by atoms with E-state index in [4.69, 9.17) is 20.7 Å². The third kappa shape index (κ3) is 24.0. The Morgan fingerprint density at radius 3 is 1.37 bits per heavy atom. The summed E-state index contributed by atoms with van der Waals surface area (Å²) in [4.78, 5) is 30.6. The Morgan fingerprint density at radius 1 is 0.491 bits per heavy atom. The van der Waals surface area contributed by atoms with Gasteiger partial charge in [-0.3, -0.25) is 45.4 Å². The van der Waals surface area contributed by atoms with Crippen LogP contribution >= 0.6 is 11.3 Å². The van der Waals surface area contributed by atoms with E-state index in [-0.39, 0.29) is 0 Å². The number of likely N-dealkylation sites (N-methyl/N-ethyl adjacent to an activating group) is 2. The minimum atomic E-state index is 0.368. The number of benzene rings is 1. The number of nitrogens with zero attached hydrogens (tertiary/aromatic N) is 20. The first-order valence-corrected chi connectivity index (χ1v) is 38.2.